The molecule has 18 heavy (non-hydrogen) atoms. The molecule has 1 aromatic carbocycles. The first-order chi connectivity index (χ1) is 8.43. The summed E-state index contributed by atoms with van der Waals surface area (Å²) in [6.45, 7) is 4.76. The molecule has 2 N–H and O–H groups in total. The van der Waals surface area contributed by atoms with Gasteiger partial charge in [0.05, 0.1) is 20.8 Å². The molecule has 0 aliphatic carbocycles. The zero-order valence-electron chi connectivity index (χ0n) is 10.2. The molecular weight excluding hydrogens is 295 g/mol. The minimum absolute atomic E-state index is 0.108. The summed E-state index contributed by atoms with van der Waals surface area (Å²) in [5.41, 5.74) is 0.472. The molecule has 100 valence electrons. The predicted octanol–water partition coefficient (Wildman–Crippen LogP) is 3.97. The fourth-order valence-corrected chi connectivity index (χ4v) is 2.11. The number of carbonyl (C=O) groups excluding carboxylic acids is 1. The Balaban J connectivity index is 2.67. The lowest BCUT2D eigenvalue weighted by molar-refractivity contribution is -0.116. The average molecular weight is 310 g/mol. The van der Waals surface area contributed by atoms with Crippen LogP contribution in [0.4, 0.5) is 5.69 Å². The smallest absolute Gasteiger partial charge is 0.225 e. The van der Waals surface area contributed by atoms with Crippen LogP contribution in [-0.2, 0) is 4.79 Å². The predicted molar refractivity (Wildman–Crippen MR) is 77.9 cm³/mol. The van der Waals surface area contributed by atoms with E-state index in [1.165, 1.54) is 6.07 Å². The monoisotopic (exact) mass is 308 g/mol. The third-order valence-electron chi connectivity index (χ3n) is 2.33. The van der Waals surface area contributed by atoms with Gasteiger partial charge in [-0.05, 0) is 25.6 Å². The molecule has 0 spiro atoms. The maximum atomic E-state index is 11.8. The Labute approximate surface area is 122 Å². The van der Waals surface area contributed by atoms with Crippen LogP contribution in [0, 0.1) is 0 Å². The molecule has 0 fully saturated rings. The van der Waals surface area contributed by atoms with Crippen molar-refractivity contribution in [2.24, 2.45) is 0 Å². The fraction of sp³-hybridized carbons (Fsp3) is 0.417. The van der Waals surface area contributed by atoms with Gasteiger partial charge in [0.15, 0.2) is 0 Å². The van der Waals surface area contributed by atoms with Crippen LogP contribution < -0.4 is 10.6 Å². The summed E-state index contributed by atoms with van der Waals surface area (Å²) in [4.78, 5) is 11.8. The van der Waals surface area contributed by atoms with Crippen LogP contribution in [0.1, 0.15) is 20.3 Å². The van der Waals surface area contributed by atoms with Crippen LogP contribution in [0.3, 0.4) is 0 Å². The summed E-state index contributed by atoms with van der Waals surface area (Å²) in [5.74, 6) is -0.122. The second-order valence-electron chi connectivity index (χ2n) is 3.96. The van der Waals surface area contributed by atoms with E-state index in [-0.39, 0.29) is 11.9 Å². The topological polar surface area (TPSA) is 41.1 Å². The van der Waals surface area contributed by atoms with Gasteiger partial charge in [-0.25, -0.2) is 0 Å². The summed E-state index contributed by atoms with van der Waals surface area (Å²) in [6, 6.07) is 3.16. The molecule has 0 saturated heterocycles. The lowest BCUT2D eigenvalue weighted by atomic mass is 10.2. The summed E-state index contributed by atoms with van der Waals surface area (Å²) in [7, 11) is 0. The number of hydrogen-bond acceptors (Lipinski definition) is 2. The zero-order valence-corrected chi connectivity index (χ0v) is 12.5. The van der Waals surface area contributed by atoms with Crippen LogP contribution in [-0.4, -0.2) is 18.5 Å². The molecule has 0 saturated carbocycles. The van der Waals surface area contributed by atoms with Crippen molar-refractivity contribution in [2.75, 3.05) is 11.9 Å². The minimum atomic E-state index is -0.122. The van der Waals surface area contributed by atoms with E-state index in [4.69, 9.17) is 34.8 Å². The van der Waals surface area contributed by atoms with Gasteiger partial charge in [-0.15, -0.1) is 0 Å². The zero-order chi connectivity index (χ0) is 13.7. The third kappa shape index (κ3) is 4.65. The molecular formula is C12H15Cl3N2O. The van der Waals surface area contributed by atoms with Gasteiger partial charge in [0.25, 0.3) is 0 Å². The van der Waals surface area contributed by atoms with Crippen molar-refractivity contribution in [3.05, 3.63) is 27.2 Å². The quantitative estimate of drug-likeness (QED) is 0.808. The van der Waals surface area contributed by atoms with Crippen LogP contribution in [0.25, 0.3) is 0 Å². The van der Waals surface area contributed by atoms with Crippen molar-refractivity contribution < 1.29 is 4.79 Å². The molecule has 0 bridgehead atoms. The van der Waals surface area contributed by atoms with E-state index in [0.29, 0.717) is 27.2 Å². The molecule has 3 nitrogen and oxygen atoms in total. The van der Waals surface area contributed by atoms with E-state index in [9.17, 15) is 4.79 Å². The molecule has 0 aliphatic heterocycles. The molecule has 0 aliphatic rings. The Morgan fingerprint density at radius 3 is 2.44 bits per heavy atom. The molecule has 0 aromatic heterocycles. The number of halogens is 3. The summed E-state index contributed by atoms with van der Waals surface area (Å²) >= 11 is 17.6. The Morgan fingerprint density at radius 1 is 1.22 bits per heavy atom. The van der Waals surface area contributed by atoms with Gasteiger partial charge in [-0.1, -0.05) is 41.7 Å². The highest BCUT2D eigenvalue weighted by Gasteiger charge is 2.11. The van der Waals surface area contributed by atoms with Gasteiger partial charge in [0.2, 0.25) is 5.91 Å². The number of nitrogens with one attached hydrogen (secondary N) is 2. The molecule has 0 heterocycles. The van der Waals surface area contributed by atoms with E-state index in [0.717, 1.165) is 6.54 Å². The SMILES string of the molecule is CCNC(C)CC(=O)Nc1cc(Cl)c(Cl)cc1Cl. The lowest BCUT2D eigenvalue weighted by Crippen LogP contribution is -2.30. The van der Waals surface area contributed by atoms with Crippen molar-refractivity contribution in [2.45, 2.75) is 26.3 Å². The van der Waals surface area contributed by atoms with Crippen molar-refractivity contribution >= 4 is 46.4 Å². The van der Waals surface area contributed by atoms with Gasteiger partial charge in [-0.3, -0.25) is 4.79 Å². The highest BCUT2D eigenvalue weighted by molar-refractivity contribution is 6.44. The van der Waals surface area contributed by atoms with E-state index in [1.807, 2.05) is 13.8 Å². The van der Waals surface area contributed by atoms with Gasteiger partial charge >= 0.3 is 0 Å². The van der Waals surface area contributed by atoms with E-state index in [1.54, 1.807) is 6.07 Å². The molecule has 1 aromatic rings. The summed E-state index contributed by atoms with van der Waals surface area (Å²) < 4.78 is 0. The Hall–Kier alpha value is -0.480. The maximum Gasteiger partial charge on any atom is 0.225 e. The first-order valence-corrected chi connectivity index (χ1v) is 6.75. The van der Waals surface area contributed by atoms with Crippen LogP contribution in [0.2, 0.25) is 15.1 Å². The molecule has 1 unspecified atom stereocenters. The normalized spacial score (nSPS) is 12.3. The van der Waals surface area contributed by atoms with E-state index >= 15 is 0 Å². The number of rotatable bonds is 5. The molecule has 0 radical (unpaired) electrons. The molecule has 1 amide bonds. The highest BCUT2D eigenvalue weighted by atomic mass is 35.5. The number of amides is 1. The second kappa shape index (κ2) is 7.19. The standard InChI is InChI=1S/C12H15Cl3N2O/c1-3-16-7(2)4-12(18)17-11-6-9(14)8(13)5-10(11)15/h5-7,16H,3-4H2,1-2H3,(H,17,18). The number of hydrogen-bond donors (Lipinski definition) is 2. The number of anilines is 1. The van der Waals surface area contributed by atoms with Crippen LogP contribution in [0.15, 0.2) is 12.1 Å². The van der Waals surface area contributed by atoms with E-state index < -0.39 is 0 Å². The highest BCUT2D eigenvalue weighted by Crippen LogP contribution is 2.32. The van der Waals surface area contributed by atoms with Crippen LogP contribution >= 0.6 is 34.8 Å². The van der Waals surface area contributed by atoms with Gasteiger partial charge in [0, 0.05) is 12.5 Å². The first-order valence-electron chi connectivity index (χ1n) is 5.61. The Bertz CT molecular complexity index is 438. The summed E-state index contributed by atoms with van der Waals surface area (Å²) in [5, 5.41) is 6.96. The fourth-order valence-electron chi connectivity index (χ4n) is 1.52. The summed E-state index contributed by atoms with van der Waals surface area (Å²) in [6.07, 6.45) is 0.365. The third-order valence-corrected chi connectivity index (χ3v) is 3.36. The average Bonchev–Trinajstić information content (AvgIpc) is 2.26. The molecule has 6 heteroatoms. The number of benzene rings is 1. The van der Waals surface area contributed by atoms with Crippen molar-refractivity contribution in [1.82, 2.24) is 5.32 Å². The Kier molecular flexibility index (Phi) is 6.22. The largest absolute Gasteiger partial charge is 0.325 e. The van der Waals surface area contributed by atoms with E-state index in [2.05, 4.69) is 10.6 Å². The second-order valence-corrected chi connectivity index (χ2v) is 5.18. The first kappa shape index (κ1) is 15.6. The van der Waals surface area contributed by atoms with Gasteiger partial charge in [0.1, 0.15) is 0 Å². The van der Waals surface area contributed by atoms with Crippen molar-refractivity contribution in [3.8, 4) is 0 Å². The van der Waals surface area contributed by atoms with Crippen molar-refractivity contribution in [3.63, 3.8) is 0 Å². The van der Waals surface area contributed by atoms with Crippen LogP contribution in [0.5, 0.6) is 0 Å². The Morgan fingerprint density at radius 2 is 1.83 bits per heavy atom. The maximum absolute atomic E-state index is 11.8. The van der Waals surface area contributed by atoms with Gasteiger partial charge in [-0.2, -0.15) is 0 Å². The van der Waals surface area contributed by atoms with Gasteiger partial charge < -0.3 is 10.6 Å². The molecule has 1 rings (SSSR count). The minimum Gasteiger partial charge on any atom is -0.325 e. The van der Waals surface area contributed by atoms with Crippen molar-refractivity contribution in [1.29, 1.82) is 0 Å². The molecule has 1 atom stereocenters. The number of carbonyl (C=O) groups is 1. The lowest BCUT2D eigenvalue weighted by Gasteiger charge is -2.13.